The zero-order chi connectivity index (χ0) is 17.6. The molecule has 4 nitrogen and oxygen atoms in total. The molecule has 0 saturated carbocycles. The Kier molecular flexibility index (Phi) is 10.1. The van der Waals surface area contributed by atoms with Gasteiger partial charge in [-0.25, -0.2) is 0 Å². The summed E-state index contributed by atoms with van der Waals surface area (Å²) < 4.78 is 0. The summed E-state index contributed by atoms with van der Waals surface area (Å²) >= 11 is 0. The van der Waals surface area contributed by atoms with Gasteiger partial charge in [-0.15, -0.1) is 0 Å². The highest BCUT2D eigenvalue weighted by atomic mass is 16.3. The number of aromatic hydroxyl groups is 2. The van der Waals surface area contributed by atoms with Crippen molar-refractivity contribution in [3.8, 4) is 11.5 Å². The molecule has 24 heavy (non-hydrogen) atoms. The van der Waals surface area contributed by atoms with Crippen LogP contribution < -0.4 is 5.32 Å². The normalized spacial score (nSPS) is 11.4. The van der Waals surface area contributed by atoms with Crippen LogP contribution in [-0.2, 0) is 11.2 Å². The summed E-state index contributed by atoms with van der Waals surface area (Å²) in [6, 6.07) is 4.67. The Hall–Kier alpha value is -2.23. The molecule has 0 unspecified atom stereocenters. The second kappa shape index (κ2) is 12.2. The van der Waals surface area contributed by atoms with Crippen LogP contribution in [0.3, 0.4) is 0 Å². The Morgan fingerprint density at radius 2 is 1.88 bits per heavy atom. The number of amides is 1. The highest BCUT2D eigenvalue weighted by Gasteiger charge is 2.01. The molecule has 0 atom stereocenters. The van der Waals surface area contributed by atoms with E-state index in [1.165, 1.54) is 50.3 Å². The van der Waals surface area contributed by atoms with E-state index < -0.39 is 0 Å². The minimum Gasteiger partial charge on any atom is -0.504 e. The number of hydrogen-bond acceptors (Lipinski definition) is 3. The first-order valence-corrected chi connectivity index (χ1v) is 8.75. The van der Waals surface area contributed by atoms with Gasteiger partial charge < -0.3 is 15.5 Å². The lowest BCUT2D eigenvalue weighted by Crippen LogP contribution is -2.23. The van der Waals surface area contributed by atoms with Crippen LogP contribution in [0, 0.1) is 0 Å². The van der Waals surface area contributed by atoms with Crippen LogP contribution in [0.15, 0.2) is 42.5 Å². The van der Waals surface area contributed by atoms with E-state index in [9.17, 15) is 15.0 Å². The molecular weight excluding hydrogens is 302 g/mol. The van der Waals surface area contributed by atoms with E-state index in [0.29, 0.717) is 13.0 Å². The van der Waals surface area contributed by atoms with E-state index in [0.717, 1.165) is 12.0 Å². The van der Waals surface area contributed by atoms with Crippen molar-refractivity contribution >= 4 is 5.91 Å². The number of hydrogen-bond donors (Lipinski definition) is 3. The number of benzene rings is 1. The van der Waals surface area contributed by atoms with Crippen LogP contribution in [0.25, 0.3) is 0 Å². The Morgan fingerprint density at radius 1 is 1.08 bits per heavy atom. The third-order valence-electron chi connectivity index (χ3n) is 3.72. The third kappa shape index (κ3) is 9.03. The summed E-state index contributed by atoms with van der Waals surface area (Å²) in [5.74, 6) is -0.410. The molecule has 0 aliphatic heterocycles. The minimum absolute atomic E-state index is 0.134. The molecule has 0 aromatic heterocycles. The topological polar surface area (TPSA) is 69.6 Å². The van der Waals surface area contributed by atoms with Gasteiger partial charge in [0.1, 0.15) is 0 Å². The van der Waals surface area contributed by atoms with Crippen LogP contribution in [0.4, 0.5) is 0 Å². The number of phenols is 2. The van der Waals surface area contributed by atoms with Gasteiger partial charge in [-0.05, 0) is 37.0 Å². The molecule has 0 heterocycles. The minimum atomic E-state index is -0.140. The number of carbonyl (C=O) groups is 1. The van der Waals surface area contributed by atoms with Crippen molar-refractivity contribution in [3.05, 3.63) is 48.1 Å². The highest BCUT2D eigenvalue weighted by molar-refractivity contribution is 5.87. The second-order valence-electron chi connectivity index (χ2n) is 5.85. The van der Waals surface area contributed by atoms with Gasteiger partial charge in [0, 0.05) is 12.6 Å². The number of allylic oxidation sites excluding steroid dienone is 3. The van der Waals surface area contributed by atoms with Gasteiger partial charge in [-0.2, -0.15) is 0 Å². The Bertz CT molecular complexity index is 550. The smallest absolute Gasteiger partial charge is 0.243 e. The molecule has 4 heteroatoms. The van der Waals surface area contributed by atoms with Crippen LogP contribution in [0.5, 0.6) is 11.5 Å². The van der Waals surface area contributed by atoms with Crippen LogP contribution in [-0.4, -0.2) is 22.7 Å². The Labute approximate surface area is 144 Å². The lowest BCUT2D eigenvalue weighted by Gasteiger charge is -2.04. The number of phenolic OH excluding ortho intramolecular Hbond substituents is 2. The summed E-state index contributed by atoms with van der Waals surface area (Å²) in [6.45, 7) is 2.69. The number of unbranched alkanes of at least 4 members (excludes halogenated alkanes) is 5. The largest absolute Gasteiger partial charge is 0.504 e. The monoisotopic (exact) mass is 331 g/mol. The number of rotatable bonds is 11. The van der Waals surface area contributed by atoms with E-state index in [-0.39, 0.29) is 17.4 Å². The molecule has 1 aromatic rings. The first-order valence-electron chi connectivity index (χ1n) is 8.75. The molecule has 0 saturated heterocycles. The zero-order valence-electron chi connectivity index (χ0n) is 14.5. The van der Waals surface area contributed by atoms with Crippen molar-refractivity contribution in [1.82, 2.24) is 5.32 Å². The Balaban J connectivity index is 2.13. The molecule has 0 bridgehead atoms. The maximum absolute atomic E-state index is 11.6. The van der Waals surface area contributed by atoms with E-state index in [2.05, 4.69) is 18.3 Å². The summed E-state index contributed by atoms with van der Waals surface area (Å²) in [6.07, 6.45) is 15.3. The second-order valence-corrected chi connectivity index (χ2v) is 5.85. The predicted octanol–water partition coefficient (Wildman–Crippen LogP) is 4.23. The van der Waals surface area contributed by atoms with E-state index in [1.807, 2.05) is 6.08 Å². The average molecular weight is 331 g/mol. The van der Waals surface area contributed by atoms with Gasteiger partial charge in [-0.3, -0.25) is 4.79 Å². The molecule has 1 aromatic carbocycles. The molecule has 3 N–H and O–H groups in total. The predicted molar refractivity (Wildman–Crippen MR) is 98.1 cm³/mol. The van der Waals surface area contributed by atoms with Crippen LogP contribution in [0.2, 0.25) is 0 Å². The van der Waals surface area contributed by atoms with Crippen LogP contribution in [0.1, 0.15) is 51.0 Å². The summed E-state index contributed by atoms with van der Waals surface area (Å²) in [5, 5.41) is 21.4. The van der Waals surface area contributed by atoms with Gasteiger partial charge in [0.25, 0.3) is 0 Å². The van der Waals surface area contributed by atoms with E-state index in [4.69, 9.17) is 0 Å². The van der Waals surface area contributed by atoms with Crippen molar-refractivity contribution in [2.24, 2.45) is 0 Å². The fourth-order valence-electron chi connectivity index (χ4n) is 2.30. The third-order valence-corrected chi connectivity index (χ3v) is 3.72. The van der Waals surface area contributed by atoms with E-state index >= 15 is 0 Å². The average Bonchev–Trinajstić information content (AvgIpc) is 2.56. The zero-order valence-corrected chi connectivity index (χ0v) is 14.5. The van der Waals surface area contributed by atoms with Gasteiger partial charge in [-0.1, -0.05) is 56.9 Å². The first-order chi connectivity index (χ1) is 11.6. The summed E-state index contributed by atoms with van der Waals surface area (Å²) in [5.41, 5.74) is 0.859. The standard InChI is InChI=1S/C20H29NO3/c1-2-3-4-5-6-7-8-9-10-11-20(24)21-15-14-17-12-13-18(22)19(23)16-17/h8-13,16,22-23H,2-7,14-15H2,1H3,(H,21,24)/b9-8+,11-10+. The molecule has 132 valence electrons. The number of nitrogens with one attached hydrogen (secondary N) is 1. The van der Waals surface area contributed by atoms with Gasteiger partial charge in [0.15, 0.2) is 11.5 Å². The highest BCUT2D eigenvalue weighted by Crippen LogP contribution is 2.24. The summed E-state index contributed by atoms with van der Waals surface area (Å²) in [7, 11) is 0. The van der Waals surface area contributed by atoms with Crippen molar-refractivity contribution in [2.45, 2.75) is 51.9 Å². The van der Waals surface area contributed by atoms with Crippen molar-refractivity contribution < 1.29 is 15.0 Å². The SMILES string of the molecule is CCCCCCC/C=C/C=C/C(=O)NCCc1ccc(O)c(O)c1. The molecule has 1 rings (SSSR count). The van der Waals surface area contributed by atoms with Gasteiger partial charge in [0.05, 0.1) is 0 Å². The van der Waals surface area contributed by atoms with Crippen molar-refractivity contribution in [1.29, 1.82) is 0 Å². The van der Waals surface area contributed by atoms with Gasteiger partial charge in [0.2, 0.25) is 5.91 Å². The maximum Gasteiger partial charge on any atom is 0.243 e. The molecule has 0 aliphatic carbocycles. The molecule has 0 spiro atoms. The first kappa shape index (κ1) is 19.8. The number of carbonyl (C=O) groups excluding carboxylic acids is 1. The lowest BCUT2D eigenvalue weighted by atomic mass is 10.1. The molecule has 1 amide bonds. The molecule has 0 aliphatic rings. The fraction of sp³-hybridized carbons (Fsp3) is 0.450. The van der Waals surface area contributed by atoms with Crippen molar-refractivity contribution in [3.63, 3.8) is 0 Å². The summed E-state index contributed by atoms with van der Waals surface area (Å²) in [4.78, 5) is 11.6. The van der Waals surface area contributed by atoms with Crippen LogP contribution >= 0.6 is 0 Å². The fourth-order valence-corrected chi connectivity index (χ4v) is 2.30. The lowest BCUT2D eigenvalue weighted by molar-refractivity contribution is -0.116. The van der Waals surface area contributed by atoms with Crippen molar-refractivity contribution in [2.75, 3.05) is 6.54 Å². The molecule has 0 radical (unpaired) electrons. The quantitative estimate of drug-likeness (QED) is 0.246. The Morgan fingerprint density at radius 3 is 2.62 bits per heavy atom. The van der Waals surface area contributed by atoms with E-state index in [1.54, 1.807) is 12.1 Å². The molecular formula is C20H29NO3. The van der Waals surface area contributed by atoms with Gasteiger partial charge >= 0.3 is 0 Å². The molecule has 0 fully saturated rings. The maximum atomic E-state index is 11.6.